The molecule has 1 aromatic carbocycles. The minimum Gasteiger partial charge on any atom is -0.496 e. The average Bonchev–Trinajstić information content (AvgIpc) is 2.55. The lowest BCUT2D eigenvalue weighted by molar-refractivity contribution is -0.127. The predicted molar refractivity (Wildman–Crippen MR) is 87.8 cm³/mol. The van der Waals surface area contributed by atoms with E-state index in [2.05, 4.69) is 12.2 Å². The summed E-state index contributed by atoms with van der Waals surface area (Å²) in [7, 11) is 1.61. The Balaban J connectivity index is 1.87. The molecule has 3 N–H and O–H groups in total. The van der Waals surface area contributed by atoms with Gasteiger partial charge in [-0.25, -0.2) is 0 Å². The van der Waals surface area contributed by atoms with E-state index in [4.69, 9.17) is 10.5 Å². The van der Waals surface area contributed by atoms with Crippen molar-refractivity contribution in [3.8, 4) is 5.75 Å². The summed E-state index contributed by atoms with van der Waals surface area (Å²) in [6, 6.07) is 7.87. The van der Waals surface area contributed by atoms with Crippen LogP contribution in [0.25, 0.3) is 0 Å². The van der Waals surface area contributed by atoms with Gasteiger partial charge in [0.25, 0.3) is 0 Å². The number of hydrogen-bond acceptors (Lipinski definition) is 4. The van der Waals surface area contributed by atoms with Gasteiger partial charge in [0.05, 0.1) is 19.6 Å². The van der Waals surface area contributed by atoms with E-state index < -0.39 is 0 Å². The van der Waals surface area contributed by atoms with Crippen molar-refractivity contribution in [3.63, 3.8) is 0 Å². The van der Waals surface area contributed by atoms with Crippen molar-refractivity contribution in [2.45, 2.75) is 32.4 Å². The number of piperidine rings is 1. The lowest BCUT2D eigenvalue weighted by Gasteiger charge is -2.36. The highest BCUT2D eigenvalue weighted by atomic mass is 16.5. The van der Waals surface area contributed by atoms with Gasteiger partial charge in [-0.15, -0.1) is 0 Å². The van der Waals surface area contributed by atoms with Gasteiger partial charge in [-0.3, -0.25) is 14.5 Å². The number of benzene rings is 1. The first-order chi connectivity index (χ1) is 11.0. The number of primary amides is 1. The molecule has 2 atom stereocenters. The van der Waals surface area contributed by atoms with Gasteiger partial charge in [0.1, 0.15) is 5.75 Å². The molecule has 1 aromatic rings. The van der Waals surface area contributed by atoms with Crippen molar-refractivity contribution in [2.75, 3.05) is 20.2 Å². The van der Waals surface area contributed by atoms with Crippen LogP contribution in [0.1, 0.15) is 25.3 Å². The lowest BCUT2D eigenvalue weighted by Crippen LogP contribution is -2.49. The number of carbonyl (C=O) groups excluding carboxylic acids is 2. The van der Waals surface area contributed by atoms with E-state index in [1.165, 1.54) is 0 Å². The van der Waals surface area contributed by atoms with E-state index in [1.807, 2.05) is 29.2 Å². The Morgan fingerprint density at radius 3 is 2.78 bits per heavy atom. The molecule has 0 bridgehead atoms. The normalized spacial score (nSPS) is 21.7. The Hall–Kier alpha value is -2.08. The van der Waals surface area contributed by atoms with E-state index in [9.17, 15) is 9.59 Å². The van der Waals surface area contributed by atoms with Crippen LogP contribution in [0.15, 0.2) is 24.3 Å². The van der Waals surface area contributed by atoms with Crippen molar-refractivity contribution in [2.24, 2.45) is 11.7 Å². The minimum absolute atomic E-state index is 0.0622. The maximum absolute atomic E-state index is 12.2. The van der Waals surface area contributed by atoms with E-state index in [0.29, 0.717) is 13.1 Å². The Morgan fingerprint density at radius 2 is 2.09 bits per heavy atom. The van der Waals surface area contributed by atoms with Crippen LogP contribution in [0.3, 0.4) is 0 Å². The van der Waals surface area contributed by atoms with Crippen LogP contribution in [-0.4, -0.2) is 43.0 Å². The zero-order valence-corrected chi connectivity index (χ0v) is 13.7. The van der Waals surface area contributed by atoms with Crippen LogP contribution in [0.4, 0.5) is 0 Å². The van der Waals surface area contributed by atoms with Crippen LogP contribution in [-0.2, 0) is 16.1 Å². The fraction of sp³-hybridized carbons (Fsp3) is 0.529. The third-order valence-electron chi connectivity index (χ3n) is 4.43. The third-order valence-corrected chi connectivity index (χ3v) is 4.43. The number of para-hydroxylation sites is 1. The number of hydrogen-bond donors (Lipinski definition) is 2. The number of nitrogens with zero attached hydrogens (tertiary/aromatic N) is 1. The molecule has 1 fully saturated rings. The molecular weight excluding hydrogens is 294 g/mol. The number of nitrogens with one attached hydrogen (secondary N) is 1. The number of nitrogens with two attached hydrogens (primary N) is 1. The molecule has 6 heteroatoms. The minimum atomic E-state index is -0.281. The van der Waals surface area contributed by atoms with Gasteiger partial charge >= 0.3 is 0 Å². The number of carbonyl (C=O) groups is 2. The van der Waals surface area contributed by atoms with Gasteiger partial charge in [-0.05, 0) is 25.8 Å². The molecule has 0 saturated carbocycles. The summed E-state index contributed by atoms with van der Waals surface area (Å²) in [5.41, 5.74) is 6.33. The van der Waals surface area contributed by atoms with Crippen molar-refractivity contribution in [1.29, 1.82) is 0 Å². The van der Waals surface area contributed by atoms with Crippen molar-refractivity contribution < 1.29 is 14.3 Å². The Morgan fingerprint density at radius 1 is 1.35 bits per heavy atom. The van der Waals surface area contributed by atoms with E-state index in [1.54, 1.807) is 7.11 Å². The van der Waals surface area contributed by atoms with Gasteiger partial charge in [-0.2, -0.15) is 0 Å². The molecule has 126 valence electrons. The van der Waals surface area contributed by atoms with Crippen LogP contribution in [0.2, 0.25) is 0 Å². The molecule has 1 aliphatic heterocycles. The summed E-state index contributed by atoms with van der Waals surface area (Å²) in [6.45, 7) is 3.33. The SMILES string of the molecule is COc1ccccc1CNC(=O)CN1C[C@@H](C(N)=O)CC[C@H]1C. The third kappa shape index (κ3) is 4.69. The molecule has 1 saturated heterocycles. The molecule has 6 nitrogen and oxygen atoms in total. The van der Waals surface area contributed by atoms with Crippen molar-refractivity contribution in [3.05, 3.63) is 29.8 Å². The zero-order chi connectivity index (χ0) is 16.8. The Labute approximate surface area is 137 Å². The first-order valence-electron chi connectivity index (χ1n) is 7.93. The van der Waals surface area contributed by atoms with Crippen molar-refractivity contribution >= 4 is 11.8 Å². The molecule has 0 unspecified atom stereocenters. The first kappa shape index (κ1) is 17.3. The number of likely N-dealkylation sites (tertiary alicyclic amines) is 1. The summed E-state index contributed by atoms with van der Waals surface area (Å²) >= 11 is 0. The molecule has 2 rings (SSSR count). The van der Waals surface area contributed by atoms with Crippen LogP contribution in [0, 0.1) is 5.92 Å². The molecule has 0 radical (unpaired) electrons. The fourth-order valence-corrected chi connectivity index (χ4v) is 2.92. The summed E-state index contributed by atoms with van der Waals surface area (Å²) in [6.07, 6.45) is 1.68. The van der Waals surface area contributed by atoms with Gasteiger partial charge in [0.15, 0.2) is 0 Å². The number of amides is 2. The molecule has 23 heavy (non-hydrogen) atoms. The molecule has 1 heterocycles. The zero-order valence-electron chi connectivity index (χ0n) is 13.7. The largest absolute Gasteiger partial charge is 0.496 e. The highest BCUT2D eigenvalue weighted by molar-refractivity contribution is 5.79. The predicted octanol–water partition coefficient (Wildman–Crippen LogP) is 0.897. The van der Waals surface area contributed by atoms with Crippen LogP contribution < -0.4 is 15.8 Å². The number of ether oxygens (including phenoxy) is 1. The standard InChI is InChI=1S/C17H25N3O3/c1-12-7-8-14(17(18)22)10-20(12)11-16(21)19-9-13-5-3-4-6-15(13)23-2/h3-6,12,14H,7-11H2,1-2H3,(H2,18,22)(H,19,21)/t12-,14+/m1/s1. The van der Waals surface area contributed by atoms with Crippen LogP contribution >= 0.6 is 0 Å². The Bertz CT molecular complexity index is 562. The van der Waals surface area contributed by atoms with Crippen molar-refractivity contribution in [1.82, 2.24) is 10.2 Å². The smallest absolute Gasteiger partial charge is 0.234 e. The first-order valence-corrected chi connectivity index (χ1v) is 7.93. The highest BCUT2D eigenvalue weighted by Crippen LogP contribution is 2.21. The summed E-state index contributed by atoms with van der Waals surface area (Å²) in [4.78, 5) is 25.6. The monoisotopic (exact) mass is 319 g/mol. The van der Waals surface area contributed by atoms with Gasteiger partial charge in [0.2, 0.25) is 11.8 Å². The fourth-order valence-electron chi connectivity index (χ4n) is 2.92. The number of rotatable bonds is 6. The molecule has 0 aromatic heterocycles. The van der Waals surface area contributed by atoms with E-state index in [0.717, 1.165) is 24.2 Å². The second kappa shape index (κ2) is 7.97. The van der Waals surface area contributed by atoms with Gasteiger partial charge in [-0.1, -0.05) is 18.2 Å². The Kier molecular flexibility index (Phi) is 5.98. The van der Waals surface area contributed by atoms with Crippen LogP contribution in [0.5, 0.6) is 5.75 Å². The van der Waals surface area contributed by atoms with Gasteiger partial charge in [0, 0.05) is 24.7 Å². The maximum Gasteiger partial charge on any atom is 0.234 e. The lowest BCUT2D eigenvalue weighted by atomic mass is 9.93. The highest BCUT2D eigenvalue weighted by Gasteiger charge is 2.29. The summed E-state index contributed by atoms with van der Waals surface area (Å²) in [5.74, 6) is 0.255. The second-order valence-electron chi connectivity index (χ2n) is 6.04. The van der Waals surface area contributed by atoms with E-state index >= 15 is 0 Å². The summed E-state index contributed by atoms with van der Waals surface area (Å²) in [5, 5.41) is 2.91. The topological polar surface area (TPSA) is 84.7 Å². The number of methoxy groups -OCH3 is 1. The maximum atomic E-state index is 12.2. The molecular formula is C17H25N3O3. The molecule has 2 amide bonds. The molecule has 1 aliphatic rings. The second-order valence-corrected chi connectivity index (χ2v) is 6.04. The quantitative estimate of drug-likeness (QED) is 0.816. The molecule has 0 aliphatic carbocycles. The summed E-state index contributed by atoms with van der Waals surface area (Å²) < 4.78 is 5.27. The average molecular weight is 319 g/mol. The molecule has 0 spiro atoms. The van der Waals surface area contributed by atoms with Gasteiger partial charge < -0.3 is 15.8 Å². The van der Waals surface area contributed by atoms with E-state index in [-0.39, 0.29) is 30.3 Å².